The van der Waals surface area contributed by atoms with E-state index in [0.29, 0.717) is 19.0 Å². The van der Waals surface area contributed by atoms with Crippen molar-refractivity contribution in [3.8, 4) is 5.75 Å². The van der Waals surface area contributed by atoms with Gasteiger partial charge in [0.05, 0.1) is 6.10 Å². The molecule has 1 aromatic carbocycles. The first kappa shape index (κ1) is 14.8. The second-order valence-electron chi connectivity index (χ2n) is 4.99. The highest BCUT2D eigenvalue weighted by molar-refractivity contribution is 5.77. The number of carbonyl (C=O) groups excluding carboxylic acids is 1. The van der Waals surface area contributed by atoms with Crippen LogP contribution in [0.4, 0.5) is 0 Å². The first-order valence-electron chi connectivity index (χ1n) is 6.93. The summed E-state index contributed by atoms with van der Waals surface area (Å²) in [6.45, 7) is 3.07. The average molecular weight is 279 g/mol. The van der Waals surface area contributed by atoms with Crippen LogP contribution in [0.2, 0.25) is 0 Å². The Morgan fingerprint density at radius 1 is 1.50 bits per heavy atom. The van der Waals surface area contributed by atoms with E-state index < -0.39 is 6.10 Å². The topological polar surface area (TPSA) is 67.8 Å². The normalized spacial score (nSPS) is 17.5. The van der Waals surface area contributed by atoms with Crippen LogP contribution in [-0.2, 0) is 9.53 Å². The maximum atomic E-state index is 11.8. The third-order valence-electron chi connectivity index (χ3n) is 3.30. The first-order chi connectivity index (χ1) is 9.65. The fourth-order valence-electron chi connectivity index (χ4n) is 2.12. The Balaban J connectivity index is 1.79. The molecule has 110 valence electrons. The van der Waals surface area contributed by atoms with Gasteiger partial charge in [0.15, 0.2) is 6.61 Å². The van der Waals surface area contributed by atoms with Crippen molar-refractivity contribution in [2.24, 2.45) is 0 Å². The van der Waals surface area contributed by atoms with E-state index in [2.05, 4.69) is 5.32 Å². The predicted molar refractivity (Wildman–Crippen MR) is 74.6 cm³/mol. The van der Waals surface area contributed by atoms with Crippen LogP contribution in [0.3, 0.4) is 0 Å². The molecule has 0 aliphatic carbocycles. The Morgan fingerprint density at radius 2 is 2.25 bits per heavy atom. The van der Waals surface area contributed by atoms with Crippen LogP contribution < -0.4 is 10.1 Å². The lowest BCUT2D eigenvalue weighted by molar-refractivity contribution is -0.124. The Kier molecular flexibility index (Phi) is 5.38. The molecular formula is C15H21NO4. The lowest BCUT2D eigenvalue weighted by Gasteiger charge is -2.23. The molecule has 5 nitrogen and oxygen atoms in total. The van der Waals surface area contributed by atoms with Crippen LogP contribution in [-0.4, -0.2) is 36.9 Å². The highest BCUT2D eigenvalue weighted by Crippen LogP contribution is 2.18. The van der Waals surface area contributed by atoms with Crippen LogP contribution in [0.5, 0.6) is 5.75 Å². The van der Waals surface area contributed by atoms with Crippen LogP contribution in [0.15, 0.2) is 24.3 Å². The van der Waals surface area contributed by atoms with Crippen LogP contribution >= 0.6 is 0 Å². The summed E-state index contributed by atoms with van der Waals surface area (Å²) in [4.78, 5) is 11.8. The summed E-state index contributed by atoms with van der Waals surface area (Å²) in [5, 5.41) is 12.4. The van der Waals surface area contributed by atoms with Crippen molar-refractivity contribution in [1.29, 1.82) is 0 Å². The van der Waals surface area contributed by atoms with Gasteiger partial charge in [0.1, 0.15) is 5.75 Å². The molecule has 5 heteroatoms. The molecule has 0 spiro atoms. The van der Waals surface area contributed by atoms with Crippen molar-refractivity contribution < 1.29 is 19.4 Å². The fourth-order valence-corrected chi connectivity index (χ4v) is 2.12. The Hall–Kier alpha value is -1.59. The third-order valence-corrected chi connectivity index (χ3v) is 3.30. The number of ether oxygens (including phenoxy) is 2. The molecule has 1 atom stereocenters. The van der Waals surface area contributed by atoms with Gasteiger partial charge in [-0.25, -0.2) is 0 Å². The van der Waals surface area contributed by atoms with Gasteiger partial charge in [-0.3, -0.25) is 4.79 Å². The average Bonchev–Trinajstić information content (AvgIpc) is 2.46. The van der Waals surface area contributed by atoms with Gasteiger partial charge in [0, 0.05) is 19.3 Å². The number of aliphatic hydroxyl groups is 1. The molecule has 1 fully saturated rings. The number of hydrogen-bond donors (Lipinski definition) is 2. The summed E-state index contributed by atoms with van der Waals surface area (Å²) in [6, 6.07) is 7.32. The summed E-state index contributed by atoms with van der Waals surface area (Å²) in [7, 11) is 0. The zero-order valence-electron chi connectivity index (χ0n) is 11.7. The number of amides is 1. The molecule has 1 aliphatic heterocycles. The van der Waals surface area contributed by atoms with E-state index in [0.717, 1.165) is 18.4 Å². The summed E-state index contributed by atoms with van der Waals surface area (Å²) in [5.41, 5.74) is 0.771. The molecule has 0 radical (unpaired) electrons. The number of aliphatic hydroxyl groups excluding tert-OH is 1. The predicted octanol–water partition coefficient (Wildman–Crippen LogP) is 1.41. The highest BCUT2D eigenvalue weighted by atomic mass is 16.5. The second-order valence-corrected chi connectivity index (χ2v) is 4.99. The van der Waals surface area contributed by atoms with E-state index in [9.17, 15) is 9.90 Å². The SMILES string of the molecule is C[C@@H](O)c1cccc(OCC(=O)NC2CCOCC2)c1. The Morgan fingerprint density at radius 3 is 2.95 bits per heavy atom. The number of nitrogens with one attached hydrogen (secondary N) is 1. The van der Waals surface area contributed by atoms with Gasteiger partial charge in [0.2, 0.25) is 0 Å². The van der Waals surface area contributed by atoms with E-state index in [4.69, 9.17) is 9.47 Å². The maximum Gasteiger partial charge on any atom is 0.258 e. The molecule has 0 unspecified atom stereocenters. The van der Waals surface area contributed by atoms with Crippen molar-refractivity contribution in [3.05, 3.63) is 29.8 Å². The Bertz CT molecular complexity index is 441. The van der Waals surface area contributed by atoms with Crippen LogP contribution in [0, 0.1) is 0 Å². The lowest BCUT2D eigenvalue weighted by Crippen LogP contribution is -2.41. The van der Waals surface area contributed by atoms with Crippen molar-refractivity contribution in [1.82, 2.24) is 5.32 Å². The van der Waals surface area contributed by atoms with Gasteiger partial charge in [-0.05, 0) is 37.5 Å². The number of benzene rings is 1. The van der Waals surface area contributed by atoms with E-state index in [1.165, 1.54) is 0 Å². The smallest absolute Gasteiger partial charge is 0.258 e. The summed E-state index contributed by atoms with van der Waals surface area (Å²) in [5.74, 6) is 0.463. The molecule has 1 saturated heterocycles. The van der Waals surface area contributed by atoms with E-state index in [1.807, 2.05) is 6.07 Å². The molecule has 20 heavy (non-hydrogen) atoms. The molecule has 1 aromatic rings. The number of rotatable bonds is 5. The second kappa shape index (κ2) is 7.26. The molecule has 0 aromatic heterocycles. The molecular weight excluding hydrogens is 258 g/mol. The number of hydrogen-bond acceptors (Lipinski definition) is 4. The van der Waals surface area contributed by atoms with Crippen molar-refractivity contribution in [3.63, 3.8) is 0 Å². The Labute approximate surface area is 118 Å². The van der Waals surface area contributed by atoms with E-state index in [1.54, 1.807) is 25.1 Å². The lowest BCUT2D eigenvalue weighted by atomic mass is 10.1. The fraction of sp³-hybridized carbons (Fsp3) is 0.533. The van der Waals surface area contributed by atoms with E-state index in [-0.39, 0.29) is 18.6 Å². The van der Waals surface area contributed by atoms with Gasteiger partial charge in [-0.2, -0.15) is 0 Å². The number of carbonyl (C=O) groups is 1. The molecule has 2 rings (SSSR count). The van der Waals surface area contributed by atoms with Crippen LogP contribution in [0.25, 0.3) is 0 Å². The molecule has 1 heterocycles. The molecule has 0 bridgehead atoms. The summed E-state index contributed by atoms with van der Waals surface area (Å²) < 4.78 is 10.7. The van der Waals surface area contributed by atoms with Crippen molar-refractivity contribution >= 4 is 5.91 Å². The van der Waals surface area contributed by atoms with Crippen LogP contribution in [0.1, 0.15) is 31.4 Å². The zero-order chi connectivity index (χ0) is 14.4. The quantitative estimate of drug-likeness (QED) is 0.855. The van der Waals surface area contributed by atoms with Gasteiger partial charge in [0.25, 0.3) is 5.91 Å². The van der Waals surface area contributed by atoms with Gasteiger partial charge >= 0.3 is 0 Å². The van der Waals surface area contributed by atoms with Gasteiger partial charge < -0.3 is 19.9 Å². The maximum absolute atomic E-state index is 11.8. The summed E-state index contributed by atoms with van der Waals surface area (Å²) in [6.07, 6.45) is 1.15. The molecule has 1 aliphatic rings. The van der Waals surface area contributed by atoms with Gasteiger partial charge in [-0.1, -0.05) is 12.1 Å². The third kappa shape index (κ3) is 4.51. The van der Waals surface area contributed by atoms with Crippen molar-refractivity contribution in [2.75, 3.05) is 19.8 Å². The molecule has 2 N–H and O–H groups in total. The minimum Gasteiger partial charge on any atom is -0.484 e. The first-order valence-corrected chi connectivity index (χ1v) is 6.93. The highest BCUT2D eigenvalue weighted by Gasteiger charge is 2.16. The minimum absolute atomic E-state index is 0.0133. The van der Waals surface area contributed by atoms with Crippen molar-refractivity contribution in [2.45, 2.75) is 31.9 Å². The molecule has 1 amide bonds. The molecule has 0 saturated carbocycles. The summed E-state index contributed by atoms with van der Waals surface area (Å²) >= 11 is 0. The monoisotopic (exact) mass is 279 g/mol. The van der Waals surface area contributed by atoms with E-state index >= 15 is 0 Å². The van der Waals surface area contributed by atoms with Gasteiger partial charge in [-0.15, -0.1) is 0 Å². The largest absolute Gasteiger partial charge is 0.484 e. The standard InChI is InChI=1S/C15H21NO4/c1-11(17)12-3-2-4-14(9-12)20-10-15(18)16-13-5-7-19-8-6-13/h2-4,9,11,13,17H,5-8,10H2,1H3,(H,16,18)/t11-/m1/s1. The zero-order valence-corrected chi connectivity index (χ0v) is 11.7. The minimum atomic E-state index is -0.547.